The minimum atomic E-state index is -3.54. The van der Waals surface area contributed by atoms with Crippen LogP contribution in [0.3, 0.4) is 0 Å². The third-order valence-electron chi connectivity index (χ3n) is 3.14. The molecule has 2 heterocycles. The third-order valence-corrected chi connectivity index (χ3v) is 4.18. The number of rotatable bonds is 3. The Hall–Kier alpha value is -1.61. The predicted molar refractivity (Wildman–Crippen MR) is 76.5 cm³/mol. The number of aromatic nitrogens is 2. The number of anilines is 1. The number of carboxylic acid groups (broad SMARTS) is 1. The van der Waals surface area contributed by atoms with Gasteiger partial charge in [0.1, 0.15) is 11.0 Å². The van der Waals surface area contributed by atoms with Crippen molar-refractivity contribution in [1.29, 1.82) is 0 Å². The molecular weight excluding hydrogens is 320 g/mol. The molecule has 0 aromatic carbocycles. The van der Waals surface area contributed by atoms with E-state index >= 15 is 0 Å². The van der Waals surface area contributed by atoms with E-state index in [0.29, 0.717) is 31.7 Å². The highest BCUT2D eigenvalue weighted by Gasteiger charge is 2.23. The minimum Gasteiger partial charge on any atom is -0.465 e. The summed E-state index contributed by atoms with van der Waals surface area (Å²) in [7, 11) is -3.54. The molecule has 1 amide bonds. The topological polar surface area (TPSA) is 112 Å². The molecule has 0 atom stereocenters. The number of carbonyl (C=O) groups is 1. The molecule has 10 heteroatoms. The molecule has 0 unspecified atom stereocenters. The van der Waals surface area contributed by atoms with E-state index in [1.54, 1.807) is 0 Å². The smallest absolute Gasteiger partial charge is 0.404 e. The predicted octanol–water partition coefficient (Wildman–Crippen LogP) is 0.770. The summed E-state index contributed by atoms with van der Waals surface area (Å²) in [5.41, 5.74) is 0. The monoisotopic (exact) mass is 334 g/mol. The van der Waals surface area contributed by atoms with E-state index in [4.69, 9.17) is 16.7 Å². The number of hydrogen-bond donors (Lipinski definition) is 2. The van der Waals surface area contributed by atoms with Gasteiger partial charge in [-0.15, -0.1) is 0 Å². The van der Waals surface area contributed by atoms with Crippen molar-refractivity contribution in [2.75, 3.05) is 24.2 Å². The van der Waals surface area contributed by atoms with Crippen molar-refractivity contribution in [2.24, 2.45) is 0 Å². The van der Waals surface area contributed by atoms with Crippen molar-refractivity contribution in [3.8, 4) is 0 Å². The van der Waals surface area contributed by atoms with Crippen molar-refractivity contribution < 1.29 is 18.3 Å². The summed E-state index contributed by atoms with van der Waals surface area (Å²) >= 11 is 5.84. The van der Waals surface area contributed by atoms with Gasteiger partial charge in [0.25, 0.3) is 0 Å². The zero-order valence-electron chi connectivity index (χ0n) is 11.3. The maximum absolute atomic E-state index is 11.5. The van der Waals surface area contributed by atoms with E-state index in [-0.39, 0.29) is 16.4 Å². The average molecular weight is 335 g/mol. The van der Waals surface area contributed by atoms with Crippen LogP contribution in [0.25, 0.3) is 0 Å². The summed E-state index contributed by atoms with van der Waals surface area (Å²) in [6, 6.07) is 1.40. The Morgan fingerprint density at radius 2 is 2.05 bits per heavy atom. The van der Waals surface area contributed by atoms with Gasteiger partial charge in [-0.05, 0) is 12.8 Å². The molecule has 2 N–H and O–H groups in total. The standard InChI is InChI=1S/C11H15ClN4O4S/c1-21(19,20)10-14-8(12)6-9(15-10)16-4-2-7(3-5-16)13-11(17)18/h6-7,13H,2-5H2,1H3,(H,17,18). The number of sulfone groups is 1. The molecule has 1 aromatic rings. The Morgan fingerprint density at radius 3 is 2.57 bits per heavy atom. The molecule has 0 saturated carbocycles. The van der Waals surface area contributed by atoms with E-state index in [1.807, 2.05) is 4.90 Å². The van der Waals surface area contributed by atoms with Crippen LogP contribution in [0.4, 0.5) is 10.6 Å². The first-order valence-electron chi connectivity index (χ1n) is 6.25. The number of hydrogen-bond acceptors (Lipinski definition) is 6. The SMILES string of the molecule is CS(=O)(=O)c1nc(Cl)cc(N2CCC(NC(=O)O)CC2)n1. The second-order valence-corrected chi connectivity index (χ2v) is 7.11. The van der Waals surface area contributed by atoms with Crippen LogP contribution < -0.4 is 10.2 Å². The lowest BCUT2D eigenvalue weighted by Gasteiger charge is -2.32. The van der Waals surface area contributed by atoms with Gasteiger partial charge in [-0.1, -0.05) is 11.6 Å². The van der Waals surface area contributed by atoms with Crippen LogP contribution in [0.15, 0.2) is 11.2 Å². The highest BCUT2D eigenvalue weighted by Crippen LogP contribution is 2.22. The molecular formula is C11H15ClN4O4S. The molecule has 0 radical (unpaired) electrons. The molecule has 0 aliphatic carbocycles. The Morgan fingerprint density at radius 1 is 1.43 bits per heavy atom. The number of halogens is 1. The summed E-state index contributed by atoms with van der Waals surface area (Å²) < 4.78 is 23.0. The number of nitrogens with zero attached hydrogens (tertiary/aromatic N) is 3. The molecule has 1 aliphatic heterocycles. The second-order valence-electron chi connectivity index (χ2n) is 4.81. The fourth-order valence-corrected chi connectivity index (χ4v) is 2.89. The van der Waals surface area contributed by atoms with E-state index in [9.17, 15) is 13.2 Å². The van der Waals surface area contributed by atoms with Gasteiger partial charge in [0, 0.05) is 31.5 Å². The van der Waals surface area contributed by atoms with Crippen LogP contribution in [0, 0.1) is 0 Å². The van der Waals surface area contributed by atoms with Gasteiger partial charge >= 0.3 is 6.09 Å². The Bertz CT molecular complexity index is 644. The summed E-state index contributed by atoms with van der Waals surface area (Å²) in [6.45, 7) is 1.11. The number of amides is 1. The lowest BCUT2D eigenvalue weighted by atomic mass is 10.1. The average Bonchev–Trinajstić information content (AvgIpc) is 2.37. The molecule has 1 aliphatic rings. The number of piperidine rings is 1. The molecule has 8 nitrogen and oxygen atoms in total. The molecule has 0 spiro atoms. The minimum absolute atomic E-state index is 0.0613. The second kappa shape index (κ2) is 6.02. The first-order valence-corrected chi connectivity index (χ1v) is 8.51. The van der Waals surface area contributed by atoms with Crippen LogP contribution in [0.2, 0.25) is 5.15 Å². The van der Waals surface area contributed by atoms with Gasteiger partial charge in [-0.3, -0.25) is 0 Å². The maximum atomic E-state index is 11.5. The fraction of sp³-hybridized carbons (Fsp3) is 0.545. The lowest BCUT2D eigenvalue weighted by molar-refractivity contribution is 0.187. The van der Waals surface area contributed by atoms with Crippen molar-refractivity contribution >= 4 is 33.3 Å². The van der Waals surface area contributed by atoms with E-state index in [0.717, 1.165) is 6.26 Å². The van der Waals surface area contributed by atoms with E-state index in [2.05, 4.69) is 15.3 Å². The maximum Gasteiger partial charge on any atom is 0.404 e. The summed E-state index contributed by atoms with van der Waals surface area (Å²) in [4.78, 5) is 20.2. The highest BCUT2D eigenvalue weighted by atomic mass is 35.5. The Labute approximate surface area is 127 Å². The van der Waals surface area contributed by atoms with Gasteiger partial charge in [0.15, 0.2) is 0 Å². The van der Waals surface area contributed by atoms with Crippen molar-refractivity contribution in [1.82, 2.24) is 15.3 Å². The quantitative estimate of drug-likeness (QED) is 0.620. The highest BCUT2D eigenvalue weighted by molar-refractivity contribution is 7.90. The zero-order valence-corrected chi connectivity index (χ0v) is 12.9. The Kier molecular flexibility index (Phi) is 4.52. The zero-order chi connectivity index (χ0) is 15.6. The molecule has 2 rings (SSSR count). The first-order chi connectivity index (χ1) is 9.75. The van der Waals surface area contributed by atoms with Gasteiger partial charge in [0.2, 0.25) is 15.0 Å². The van der Waals surface area contributed by atoms with Crippen molar-refractivity contribution in [2.45, 2.75) is 24.0 Å². The largest absolute Gasteiger partial charge is 0.465 e. The molecule has 1 saturated heterocycles. The van der Waals surface area contributed by atoms with Crippen LogP contribution in [0.1, 0.15) is 12.8 Å². The van der Waals surface area contributed by atoms with E-state index < -0.39 is 15.9 Å². The fourth-order valence-electron chi connectivity index (χ4n) is 2.14. The van der Waals surface area contributed by atoms with Crippen LogP contribution in [0.5, 0.6) is 0 Å². The van der Waals surface area contributed by atoms with Crippen LogP contribution in [-0.2, 0) is 9.84 Å². The summed E-state index contributed by atoms with van der Waals surface area (Å²) in [6.07, 6.45) is 1.20. The molecule has 0 bridgehead atoms. The van der Waals surface area contributed by atoms with Crippen molar-refractivity contribution in [3.05, 3.63) is 11.2 Å². The van der Waals surface area contributed by atoms with Crippen LogP contribution >= 0.6 is 11.6 Å². The van der Waals surface area contributed by atoms with Gasteiger partial charge < -0.3 is 15.3 Å². The van der Waals surface area contributed by atoms with Gasteiger partial charge in [-0.25, -0.2) is 23.2 Å². The molecule has 1 fully saturated rings. The normalized spacial score (nSPS) is 16.8. The first kappa shape index (κ1) is 15.8. The lowest BCUT2D eigenvalue weighted by Crippen LogP contribution is -2.44. The molecule has 116 valence electrons. The number of nitrogens with one attached hydrogen (secondary N) is 1. The molecule has 21 heavy (non-hydrogen) atoms. The summed E-state index contributed by atoms with van der Waals surface area (Å²) in [5, 5.41) is 10.9. The van der Waals surface area contributed by atoms with Gasteiger partial charge in [-0.2, -0.15) is 0 Å². The van der Waals surface area contributed by atoms with E-state index in [1.165, 1.54) is 6.07 Å². The van der Waals surface area contributed by atoms with Gasteiger partial charge in [0.05, 0.1) is 0 Å². The summed E-state index contributed by atoms with van der Waals surface area (Å²) in [5.74, 6) is 0.434. The van der Waals surface area contributed by atoms with Crippen LogP contribution in [-0.4, -0.2) is 55.0 Å². The van der Waals surface area contributed by atoms with Crippen molar-refractivity contribution in [3.63, 3.8) is 0 Å². The Balaban J connectivity index is 2.14. The third kappa shape index (κ3) is 4.18. The molecule has 1 aromatic heterocycles.